The van der Waals surface area contributed by atoms with E-state index in [9.17, 15) is 19.5 Å². The number of carbonyl (C=O) groups excluding carboxylic acids is 2. The standard InChI is InChI=1S/C31H39BrN6O5Si/c1-20-29(44(2,3)42)27(9-12-36-19-23(10-14-39)34-35-36)43-31(20)25-16-22(32)7-8-26(25)38(30(31)41)18-21-5-4-6-24(15-21)37-13-11-33-17-28(37)40/h4-8,15-16,19-20,27,29,33,39,42H,9-14,17-18H2,1-3H3/t20-,27+,29-,31+/m1/s1. The van der Waals surface area contributed by atoms with Gasteiger partial charge < -0.3 is 29.8 Å². The van der Waals surface area contributed by atoms with Gasteiger partial charge in [0, 0.05) is 66.0 Å². The van der Waals surface area contributed by atoms with Crippen LogP contribution in [-0.2, 0) is 39.4 Å². The lowest BCUT2D eigenvalue weighted by atomic mass is 9.82. The fourth-order valence-electron chi connectivity index (χ4n) is 7.30. The first-order valence-electron chi connectivity index (χ1n) is 15.1. The Hall–Kier alpha value is -2.94. The number of carbonyl (C=O) groups is 2. The molecule has 0 radical (unpaired) electrons. The van der Waals surface area contributed by atoms with Gasteiger partial charge in [0.15, 0.2) is 13.9 Å². The minimum Gasteiger partial charge on any atom is -0.432 e. The van der Waals surface area contributed by atoms with Crippen LogP contribution in [0.5, 0.6) is 0 Å². The molecule has 13 heteroatoms. The average molecular weight is 684 g/mol. The van der Waals surface area contributed by atoms with E-state index < -0.39 is 13.9 Å². The number of amides is 2. The second kappa shape index (κ2) is 12.1. The van der Waals surface area contributed by atoms with Crippen LogP contribution in [0.2, 0.25) is 18.6 Å². The number of aliphatic hydroxyl groups excluding tert-OH is 1. The number of aliphatic hydroxyl groups is 1. The van der Waals surface area contributed by atoms with Crippen LogP contribution in [0.15, 0.2) is 53.1 Å². The van der Waals surface area contributed by atoms with Crippen molar-refractivity contribution in [2.24, 2.45) is 5.92 Å². The van der Waals surface area contributed by atoms with Gasteiger partial charge in [0.05, 0.1) is 30.6 Å². The third-order valence-corrected chi connectivity index (χ3v) is 12.2. The van der Waals surface area contributed by atoms with E-state index in [-0.39, 0.29) is 36.0 Å². The summed E-state index contributed by atoms with van der Waals surface area (Å²) in [6.07, 6.45) is 2.43. The van der Waals surface area contributed by atoms with Crippen molar-refractivity contribution in [3.8, 4) is 0 Å². The van der Waals surface area contributed by atoms with E-state index in [0.29, 0.717) is 44.7 Å². The normalized spacial score (nSPS) is 25.4. The first-order valence-corrected chi connectivity index (χ1v) is 19.0. The van der Waals surface area contributed by atoms with Crippen LogP contribution in [0.1, 0.15) is 30.2 Å². The van der Waals surface area contributed by atoms with Crippen molar-refractivity contribution in [3.05, 3.63) is 70.0 Å². The molecule has 2 aromatic carbocycles. The van der Waals surface area contributed by atoms with E-state index in [1.165, 1.54) is 0 Å². The van der Waals surface area contributed by atoms with Crippen LogP contribution < -0.4 is 15.1 Å². The minimum absolute atomic E-state index is 0.00255. The van der Waals surface area contributed by atoms with Gasteiger partial charge in [-0.3, -0.25) is 14.3 Å². The maximum Gasteiger partial charge on any atom is 0.264 e. The molecule has 3 aromatic rings. The van der Waals surface area contributed by atoms with Gasteiger partial charge in [-0.15, -0.1) is 5.10 Å². The van der Waals surface area contributed by atoms with Gasteiger partial charge >= 0.3 is 0 Å². The van der Waals surface area contributed by atoms with Crippen LogP contribution in [0.4, 0.5) is 11.4 Å². The molecule has 2 saturated heterocycles. The molecular formula is C31H39BrN6O5Si. The second-order valence-corrected chi connectivity index (χ2v) is 17.4. The lowest BCUT2D eigenvalue weighted by Gasteiger charge is -2.32. The fraction of sp³-hybridized carbons (Fsp3) is 0.484. The molecule has 6 rings (SSSR count). The Bertz CT molecular complexity index is 1560. The Morgan fingerprint density at radius 1 is 1.20 bits per heavy atom. The lowest BCUT2D eigenvalue weighted by molar-refractivity contribution is -0.146. The minimum atomic E-state index is -2.81. The molecular weight excluding hydrogens is 644 g/mol. The molecule has 3 aliphatic heterocycles. The molecule has 4 heterocycles. The number of benzene rings is 2. The fourth-order valence-corrected chi connectivity index (χ4v) is 10.3. The summed E-state index contributed by atoms with van der Waals surface area (Å²) in [7, 11) is -2.81. The smallest absolute Gasteiger partial charge is 0.264 e. The first-order chi connectivity index (χ1) is 21.0. The van der Waals surface area contributed by atoms with Crippen LogP contribution >= 0.6 is 15.9 Å². The number of aryl methyl sites for hydroxylation is 1. The van der Waals surface area contributed by atoms with E-state index >= 15 is 0 Å². The van der Waals surface area contributed by atoms with Gasteiger partial charge in [0.1, 0.15) is 0 Å². The van der Waals surface area contributed by atoms with Gasteiger partial charge in [-0.25, -0.2) is 0 Å². The maximum absolute atomic E-state index is 14.7. The molecule has 0 bridgehead atoms. The monoisotopic (exact) mass is 682 g/mol. The Morgan fingerprint density at radius 2 is 2.02 bits per heavy atom. The van der Waals surface area contributed by atoms with Crippen molar-refractivity contribution < 1.29 is 24.2 Å². The number of piperazine rings is 1. The Balaban J connectivity index is 1.32. The maximum atomic E-state index is 14.7. The van der Waals surface area contributed by atoms with Gasteiger partial charge in [-0.2, -0.15) is 0 Å². The van der Waals surface area contributed by atoms with E-state index in [2.05, 4.69) is 31.6 Å². The van der Waals surface area contributed by atoms with Crippen LogP contribution in [0, 0.1) is 5.92 Å². The molecule has 1 spiro atoms. The Morgan fingerprint density at radius 3 is 2.77 bits per heavy atom. The van der Waals surface area contributed by atoms with Crippen molar-refractivity contribution in [2.45, 2.75) is 63.2 Å². The number of nitrogens with zero attached hydrogens (tertiary/aromatic N) is 5. The third kappa shape index (κ3) is 5.54. The summed E-state index contributed by atoms with van der Waals surface area (Å²) in [5, 5.41) is 20.7. The predicted molar refractivity (Wildman–Crippen MR) is 172 cm³/mol. The summed E-state index contributed by atoms with van der Waals surface area (Å²) in [6.45, 7) is 8.33. The largest absolute Gasteiger partial charge is 0.432 e. The summed E-state index contributed by atoms with van der Waals surface area (Å²) >= 11 is 3.62. The van der Waals surface area contributed by atoms with Gasteiger partial charge in [-0.1, -0.05) is 40.2 Å². The number of nitrogens with one attached hydrogen (secondary N) is 1. The van der Waals surface area contributed by atoms with Gasteiger partial charge in [-0.05, 0) is 55.4 Å². The molecule has 11 nitrogen and oxygen atoms in total. The zero-order valence-electron chi connectivity index (χ0n) is 25.2. The first kappa shape index (κ1) is 31.1. The van der Waals surface area contributed by atoms with Crippen molar-refractivity contribution in [1.29, 1.82) is 0 Å². The van der Waals surface area contributed by atoms with Gasteiger partial charge in [0.25, 0.3) is 5.91 Å². The molecule has 2 amide bonds. The average Bonchev–Trinajstić information content (AvgIpc) is 3.62. The summed E-state index contributed by atoms with van der Waals surface area (Å²) in [5.41, 5.74) is 2.57. The lowest BCUT2D eigenvalue weighted by Crippen LogP contribution is -2.48. The molecule has 3 aliphatic rings. The molecule has 44 heavy (non-hydrogen) atoms. The summed E-state index contributed by atoms with van der Waals surface area (Å²) in [6, 6.07) is 13.7. The highest BCUT2D eigenvalue weighted by Crippen LogP contribution is 2.60. The van der Waals surface area contributed by atoms with E-state index in [1.807, 2.05) is 68.7 Å². The highest BCUT2D eigenvalue weighted by atomic mass is 79.9. The summed E-state index contributed by atoms with van der Waals surface area (Å²) < 4.78 is 9.51. The zero-order chi connectivity index (χ0) is 31.2. The van der Waals surface area contributed by atoms with Crippen molar-refractivity contribution in [3.63, 3.8) is 0 Å². The molecule has 0 unspecified atom stereocenters. The van der Waals surface area contributed by atoms with Crippen molar-refractivity contribution in [1.82, 2.24) is 20.3 Å². The van der Waals surface area contributed by atoms with Crippen LogP contribution in [-0.4, -0.2) is 77.4 Å². The molecule has 0 aliphatic carbocycles. The predicted octanol–water partition coefficient (Wildman–Crippen LogP) is 2.95. The number of anilines is 2. The van der Waals surface area contributed by atoms with Gasteiger partial charge in [0.2, 0.25) is 5.91 Å². The quantitative estimate of drug-likeness (QED) is 0.294. The van der Waals surface area contributed by atoms with E-state index in [1.54, 1.807) is 14.5 Å². The van der Waals surface area contributed by atoms with E-state index in [4.69, 9.17) is 4.74 Å². The van der Waals surface area contributed by atoms with Crippen LogP contribution in [0.3, 0.4) is 0 Å². The topological polar surface area (TPSA) is 133 Å². The highest BCUT2D eigenvalue weighted by molar-refractivity contribution is 9.10. The molecule has 4 atom stereocenters. The number of hydrogen-bond donors (Lipinski definition) is 3. The molecule has 1 aromatic heterocycles. The second-order valence-electron chi connectivity index (χ2n) is 12.5. The molecule has 3 N–H and O–H groups in total. The molecule has 0 saturated carbocycles. The number of ether oxygens (including phenoxy) is 1. The third-order valence-electron chi connectivity index (χ3n) is 9.20. The molecule has 234 valence electrons. The number of fused-ring (bicyclic) bond motifs is 2. The number of halogens is 1. The summed E-state index contributed by atoms with van der Waals surface area (Å²) in [4.78, 5) is 42.4. The van der Waals surface area contributed by atoms with E-state index in [0.717, 1.165) is 33.5 Å². The van der Waals surface area contributed by atoms with Crippen molar-refractivity contribution >= 4 is 47.4 Å². The summed E-state index contributed by atoms with van der Waals surface area (Å²) in [5.74, 6) is -0.398. The zero-order valence-corrected chi connectivity index (χ0v) is 27.8. The van der Waals surface area contributed by atoms with Crippen molar-refractivity contribution in [2.75, 3.05) is 36.0 Å². The number of rotatable bonds is 9. The van der Waals surface area contributed by atoms with Crippen LogP contribution in [0.25, 0.3) is 0 Å². The Kier molecular flexibility index (Phi) is 8.54. The number of aromatic nitrogens is 3. The highest BCUT2D eigenvalue weighted by Gasteiger charge is 2.66. The number of hydrogen-bond acceptors (Lipinski definition) is 8. The molecule has 2 fully saturated rings. The Labute approximate surface area is 266 Å². The SMILES string of the molecule is C[C@@H]1[C@@H]([Si](C)(C)O)[C@H](CCn2cc(CCO)nn2)O[C@@]12C(=O)N(Cc1cccc(N3CCNCC3=O)c1)c1ccc(Br)cc12.